The summed E-state index contributed by atoms with van der Waals surface area (Å²) in [5.74, 6) is 0.877. The second-order valence-electron chi connectivity index (χ2n) is 8.20. The zero-order valence-electron chi connectivity index (χ0n) is 14.5. The molecule has 1 rings (SSSR count). The summed E-state index contributed by atoms with van der Waals surface area (Å²) >= 11 is 0. The fraction of sp³-hybridized carbons (Fsp3) is 1.00. The molecule has 0 saturated heterocycles. The number of rotatable bonds is 7. The SMILES string of the molecule is CC1CCC(CNC(C)C)(CN(C)CC(C)(C)O)CC1. The van der Waals surface area contributed by atoms with Crippen molar-refractivity contribution in [3.63, 3.8) is 0 Å². The molecule has 1 aliphatic carbocycles. The number of nitrogens with zero attached hydrogens (tertiary/aromatic N) is 1. The van der Waals surface area contributed by atoms with Crippen molar-refractivity contribution in [3.8, 4) is 0 Å². The molecule has 1 aliphatic rings. The smallest absolute Gasteiger partial charge is 0.0718 e. The van der Waals surface area contributed by atoms with Crippen LogP contribution in [0.4, 0.5) is 0 Å². The van der Waals surface area contributed by atoms with Crippen LogP contribution in [0.3, 0.4) is 0 Å². The van der Waals surface area contributed by atoms with Gasteiger partial charge in [-0.05, 0) is 45.1 Å². The first kappa shape index (κ1) is 17.9. The number of aliphatic hydroxyl groups is 1. The summed E-state index contributed by atoms with van der Waals surface area (Å²) in [4.78, 5) is 2.32. The lowest BCUT2D eigenvalue weighted by Crippen LogP contribution is -2.49. The van der Waals surface area contributed by atoms with E-state index in [2.05, 4.69) is 38.0 Å². The fourth-order valence-electron chi connectivity index (χ4n) is 3.47. The van der Waals surface area contributed by atoms with Crippen LogP contribution in [0.1, 0.15) is 60.3 Å². The van der Waals surface area contributed by atoms with Crippen molar-refractivity contribution in [1.82, 2.24) is 10.2 Å². The van der Waals surface area contributed by atoms with Crippen molar-refractivity contribution in [3.05, 3.63) is 0 Å². The molecule has 0 unspecified atom stereocenters. The molecule has 3 nitrogen and oxygen atoms in total. The van der Waals surface area contributed by atoms with E-state index in [1.165, 1.54) is 25.7 Å². The van der Waals surface area contributed by atoms with Gasteiger partial charge in [0.25, 0.3) is 0 Å². The number of hydrogen-bond acceptors (Lipinski definition) is 3. The van der Waals surface area contributed by atoms with E-state index in [-0.39, 0.29) is 0 Å². The van der Waals surface area contributed by atoms with E-state index in [0.29, 0.717) is 11.5 Å². The highest BCUT2D eigenvalue weighted by Gasteiger charge is 2.35. The van der Waals surface area contributed by atoms with Crippen LogP contribution in [0.2, 0.25) is 0 Å². The minimum absolute atomic E-state index is 0.386. The average molecular weight is 284 g/mol. The van der Waals surface area contributed by atoms with Crippen LogP contribution in [-0.4, -0.2) is 48.3 Å². The number of likely N-dealkylation sites (N-methyl/N-ethyl adjacent to an activating group) is 1. The minimum Gasteiger partial charge on any atom is -0.389 e. The molecule has 0 aliphatic heterocycles. The number of nitrogens with one attached hydrogen (secondary N) is 1. The van der Waals surface area contributed by atoms with Crippen molar-refractivity contribution in [2.75, 3.05) is 26.7 Å². The summed E-state index contributed by atoms with van der Waals surface area (Å²) in [5, 5.41) is 13.7. The Labute approximate surface area is 126 Å². The summed E-state index contributed by atoms with van der Waals surface area (Å²) in [7, 11) is 2.15. The third-order valence-electron chi connectivity index (χ3n) is 4.48. The first-order valence-corrected chi connectivity index (χ1v) is 8.26. The van der Waals surface area contributed by atoms with Gasteiger partial charge in [0, 0.05) is 25.7 Å². The van der Waals surface area contributed by atoms with Gasteiger partial charge in [-0.3, -0.25) is 0 Å². The third kappa shape index (κ3) is 6.55. The zero-order chi connectivity index (χ0) is 15.4. The molecular formula is C17H36N2O. The van der Waals surface area contributed by atoms with Crippen LogP contribution in [0.25, 0.3) is 0 Å². The van der Waals surface area contributed by atoms with E-state index >= 15 is 0 Å². The number of hydrogen-bond donors (Lipinski definition) is 2. The molecule has 0 aromatic heterocycles. The van der Waals surface area contributed by atoms with E-state index < -0.39 is 5.60 Å². The lowest BCUT2D eigenvalue weighted by molar-refractivity contribution is 0.0194. The van der Waals surface area contributed by atoms with Crippen molar-refractivity contribution in [1.29, 1.82) is 0 Å². The standard InChI is InChI=1S/C17H36N2O/c1-14(2)18-11-17(9-7-15(3)8-10-17)13-19(6)12-16(4,5)20/h14-15,18,20H,7-13H2,1-6H3. The molecule has 0 radical (unpaired) electrons. The summed E-state index contributed by atoms with van der Waals surface area (Å²) in [6, 6.07) is 0.547. The summed E-state index contributed by atoms with van der Waals surface area (Å²) in [6.45, 7) is 13.5. The second kappa shape index (κ2) is 7.24. The Hall–Kier alpha value is -0.120. The molecule has 0 heterocycles. The van der Waals surface area contributed by atoms with Crippen LogP contribution in [-0.2, 0) is 0 Å². The highest BCUT2D eigenvalue weighted by atomic mass is 16.3. The van der Waals surface area contributed by atoms with Gasteiger partial charge >= 0.3 is 0 Å². The molecule has 20 heavy (non-hydrogen) atoms. The lowest BCUT2D eigenvalue weighted by atomic mass is 9.70. The van der Waals surface area contributed by atoms with E-state index in [9.17, 15) is 5.11 Å². The molecule has 120 valence electrons. The first-order chi connectivity index (χ1) is 9.12. The van der Waals surface area contributed by atoms with Gasteiger partial charge in [0.1, 0.15) is 0 Å². The Morgan fingerprint density at radius 1 is 1.30 bits per heavy atom. The van der Waals surface area contributed by atoms with Crippen LogP contribution < -0.4 is 5.32 Å². The normalized spacial score (nSPS) is 28.4. The van der Waals surface area contributed by atoms with Gasteiger partial charge in [-0.15, -0.1) is 0 Å². The Bertz CT molecular complexity index is 275. The van der Waals surface area contributed by atoms with Gasteiger partial charge in [-0.1, -0.05) is 33.6 Å². The molecule has 2 N–H and O–H groups in total. The molecule has 0 bridgehead atoms. The molecule has 0 spiro atoms. The van der Waals surface area contributed by atoms with Crippen LogP contribution >= 0.6 is 0 Å². The topological polar surface area (TPSA) is 35.5 Å². The monoisotopic (exact) mass is 284 g/mol. The predicted octanol–water partition coefficient (Wildman–Crippen LogP) is 2.88. The van der Waals surface area contributed by atoms with E-state index in [0.717, 1.165) is 25.6 Å². The van der Waals surface area contributed by atoms with E-state index in [1.807, 2.05) is 13.8 Å². The van der Waals surface area contributed by atoms with Crippen LogP contribution in [0.5, 0.6) is 0 Å². The molecular weight excluding hydrogens is 248 g/mol. The third-order valence-corrected chi connectivity index (χ3v) is 4.48. The summed E-state index contributed by atoms with van der Waals surface area (Å²) in [5.41, 5.74) is -0.222. The summed E-state index contributed by atoms with van der Waals surface area (Å²) < 4.78 is 0. The highest BCUT2D eigenvalue weighted by molar-refractivity contribution is 4.90. The first-order valence-electron chi connectivity index (χ1n) is 8.26. The van der Waals surface area contributed by atoms with Gasteiger partial charge < -0.3 is 15.3 Å². The van der Waals surface area contributed by atoms with Crippen LogP contribution in [0, 0.1) is 11.3 Å². The van der Waals surface area contributed by atoms with Crippen LogP contribution in [0.15, 0.2) is 0 Å². The Morgan fingerprint density at radius 3 is 2.30 bits per heavy atom. The maximum absolute atomic E-state index is 10.0. The lowest BCUT2D eigenvalue weighted by Gasteiger charge is -2.43. The van der Waals surface area contributed by atoms with Gasteiger partial charge in [-0.25, -0.2) is 0 Å². The van der Waals surface area contributed by atoms with Gasteiger partial charge in [-0.2, -0.15) is 0 Å². The Kier molecular flexibility index (Phi) is 6.49. The largest absolute Gasteiger partial charge is 0.389 e. The van der Waals surface area contributed by atoms with Gasteiger partial charge in [0.15, 0.2) is 0 Å². The maximum atomic E-state index is 10.0. The van der Waals surface area contributed by atoms with E-state index in [1.54, 1.807) is 0 Å². The zero-order valence-corrected chi connectivity index (χ0v) is 14.5. The van der Waals surface area contributed by atoms with Crippen molar-refractivity contribution < 1.29 is 5.11 Å². The molecule has 0 aromatic rings. The quantitative estimate of drug-likeness (QED) is 0.754. The fourth-order valence-corrected chi connectivity index (χ4v) is 3.47. The van der Waals surface area contributed by atoms with Gasteiger partial charge in [0.05, 0.1) is 5.60 Å². The molecule has 0 aromatic carbocycles. The molecule has 0 amide bonds. The average Bonchev–Trinajstić information content (AvgIpc) is 2.28. The Morgan fingerprint density at radius 2 is 1.85 bits per heavy atom. The molecule has 0 atom stereocenters. The van der Waals surface area contributed by atoms with Crippen molar-refractivity contribution in [2.45, 2.75) is 71.9 Å². The van der Waals surface area contributed by atoms with Crippen molar-refractivity contribution in [2.24, 2.45) is 11.3 Å². The molecule has 3 heteroatoms. The van der Waals surface area contributed by atoms with E-state index in [4.69, 9.17) is 0 Å². The second-order valence-corrected chi connectivity index (χ2v) is 8.20. The van der Waals surface area contributed by atoms with Gasteiger partial charge in [0.2, 0.25) is 0 Å². The highest BCUT2D eigenvalue weighted by Crippen LogP contribution is 2.39. The molecule has 1 saturated carbocycles. The maximum Gasteiger partial charge on any atom is 0.0718 e. The van der Waals surface area contributed by atoms with Crippen molar-refractivity contribution >= 4 is 0 Å². The predicted molar refractivity (Wildman–Crippen MR) is 87.0 cm³/mol. The minimum atomic E-state index is -0.608. The Balaban J connectivity index is 2.62. The molecule has 1 fully saturated rings. The summed E-state index contributed by atoms with van der Waals surface area (Å²) in [6.07, 6.45) is 5.31.